The molecule has 66 heavy (non-hydrogen) atoms. The van der Waals surface area contributed by atoms with Gasteiger partial charge in [-0.05, 0) is 70.4 Å². The number of nitrogens with zero attached hydrogens (tertiary/aromatic N) is 3. The van der Waals surface area contributed by atoms with Gasteiger partial charge in [0.05, 0.1) is 11.0 Å². The van der Waals surface area contributed by atoms with Crippen LogP contribution in [0.15, 0.2) is 97.1 Å². The minimum Gasteiger partial charge on any atom is -0.311 e. The van der Waals surface area contributed by atoms with Gasteiger partial charge < -0.3 is 13.7 Å². The van der Waals surface area contributed by atoms with Crippen LogP contribution in [-0.4, -0.2) is 131 Å². The molecule has 3 aromatic heterocycles. The smallest absolute Gasteiger partial charge is 0.115 e. The van der Waals surface area contributed by atoms with E-state index in [9.17, 15) is 0 Å². The highest BCUT2D eigenvalue weighted by Crippen LogP contribution is 2.36. The Bertz CT molecular complexity index is 3990. The predicted molar refractivity (Wildman–Crippen MR) is 296 cm³/mol. The van der Waals surface area contributed by atoms with Crippen LogP contribution in [0, 0.1) is 0 Å². The first-order chi connectivity index (χ1) is 31.6. The molecule has 0 saturated heterocycles. The summed E-state index contributed by atoms with van der Waals surface area (Å²) in [6.45, 7) is 0. The molecule has 30 radical (unpaired) electrons. The van der Waals surface area contributed by atoms with Gasteiger partial charge in [-0.15, -0.1) is 21.9 Å². The number of para-hydroxylation sites is 2. The molecule has 0 unspecified atom stereocenters. The van der Waals surface area contributed by atoms with Gasteiger partial charge >= 0.3 is 0 Å². The summed E-state index contributed by atoms with van der Waals surface area (Å²) in [5.74, 6) is 0. The van der Waals surface area contributed by atoms with Crippen molar-refractivity contribution in [3.05, 3.63) is 97.1 Å². The maximum absolute atomic E-state index is 7.40. The molecule has 0 fully saturated rings. The van der Waals surface area contributed by atoms with E-state index in [2.05, 4.69) is 4.57 Å². The number of hydrogen-bond donors (Lipinski definition) is 0. The Morgan fingerprint density at radius 2 is 0.606 bits per heavy atom. The zero-order valence-electron chi connectivity index (χ0n) is 35.2. The summed E-state index contributed by atoms with van der Waals surface area (Å²) in [7, 11) is 103. The Labute approximate surface area is 401 Å². The van der Waals surface area contributed by atoms with Gasteiger partial charge in [0.15, 0.2) is 0 Å². The zero-order valence-corrected chi connectivity index (χ0v) is 35.2. The van der Waals surface area contributed by atoms with E-state index in [-0.39, 0.29) is 87.6 Å². The van der Waals surface area contributed by atoms with Crippen molar-refractivity contribution >= 4 is 265 Å². The first-order valence-electron chi connectivity index (χ1n) is 20.6. The second-order valence-corrected chi connectivity index (χ2v) is 16.6. The van der Waals surface area contributed by atoms with E-state index >= 15 is 0 Å². The second-order valence-electron chi connectivity index (χ2n) is 16.6. The van der Waals surface area contributed by atoms with Crippen LogP contribution in [0.25, 0.3) is 93.6 Å². The van der Waals surface area contributed by atoms with E-state index in [4.69, 9.17) is 118 Å². The number of benzene rings is 8. The minimum atomic E-state index is 0.0249. The molecule has 3 heterocycles. The van der Waals surface area contributed by atoms with Crippen molar-refractivity contribution in [2.45, 2.75) is 0 Å². The van der Waals surface area contributed by atoms with Crippen molar-refractivity contribution in [1.29, 1.82) is 0 Å². The SMILES string of the molecule is [B]c1ccc2c(c1)c1cc(-n3c4c([B])c([B])c([B])c([B])c4c4c([B])c(-c5c([B])c([B])c6c(c5[B])c5c([B])c([B])c([B])c([B])c5n6-c5ccccc5)c([B])c([B])c43)ccc1n2-c1ccccc1. The van der Waals surface area contributed by atoms with Crippen LogP contribution in [-0.2, 0) is 0 Å². The normalized spacial score (nSPS) is 11.9. The van der Waals surface area contributed by atoms with Gasteiger partial charge in [0, 0.05) is 60.7 Å². The van der Waals surface area contributed by atoms with E-state index in [1.165, 1.54) is 0 Å². The Morgan fingerprint density at radius 1 is 0.258 bits per heavy atom. The third-order valence-corrected chi connectivity index (χ3v) is 13.1. The summed E-state index contributed by atoms with van der Waals surface area (Å²) in [4.78, 5) is 0. The molecule has 11 aromatic rings. The monoisotopic (exact) mass is 799 g/mol. The van der Waals surface area contributed by atoms with E-state index in [1.54, 1.807) is 4.57 Å². The van der Waals surface area contributed by atoms with Gasteiger partial charge in [0.2, 0.25) is 0 Å². The highest BCUT2D eigenvalue weighted by molar-refractivity contribution is 6.72. The lowest BCUT2D eigenvalue weighted by atomic mass is 9.61. The molecule has 0 N–H and O–H groups in total. The number of rotatable bonds is 4. The number of fused-ring (bicyclic) bond motifs is 9. The van der Waals surface area contributed by atoms with Gasteiger partial charge in [-0.25, -0.2) is 0 Å². The van der Waals surface area contributed by atoms with E-state index < -0.39 is 0 Å². The molecule has 0 bridgehead atoms. The van der Waals surface area contributed by atoms with Crippen LogP contribution in [0.2, 0.25) is 0 Å². The van der Waals surface area contributed by atoms with Crippen molar-refractivity contribution in [3.8, 4) is 28.2 Å². The number of hydrogen-bond acceptors (Lipinski definition) is 0. The largest absolute Gasteiger partial charge is 0.311 e. The topological polar surface area (TPSA) is 14.8 Å². The van der Waals surface area contributed by atoms with Crippen molar-refractivity contribution in [3.63, 3.8) is 0 Å². The third-order valence-electron chi connectivity index (χ3n) is 13.1. The van der Waals surface area contributed by atoms with E-state index in [1.807, 2.05) is 102 Å². The molecule has 0 aliphatic rings. The van der Waals surface area contributed by atoms with Crippen LogP contribution < -0.4 is 81.9 Å². The molecular weight excluding hydrogens is 781 g/mol. The molecule has 0 saturated carbocycles. The van der Waals surface area contributed by atoms with Crippen molar-refractivity contribution in [1.82, 2.24) is 13.7 Å². The summed E-state index contributed by atoms with van der Waals surface area (Å²) >= 11 is 0. The lowest BCUT2D eigenvalue weighted by Gasteiger charge is -2.25. The van der Waals surface area contributed by atoms with Crippen LogP contribution in [0.4, 0.5) is 0 Å². The second kappa shape index (κ2) is 15.1. The molecule has 8 aromatic carbocycles. The molecule has 268 valence electrons. The summed E-state index contributed by atoms with van der Waals surface area (Å²) < 4.78 is 5.81. The van der Waals surface area contributed by atoms with E-state index in [0.29, 0.717) is 60.4 Å². The third kappa shape index (κ3) is 5.60. The molecule has 11 rings (SSSR count). The quantitative estimate of drug-likeness (QED) is 0.158. The lowest BCUT2D eigenvalue weighted by molar-refractivity contribution is 1.17. The Hall–Kier alpha value is -5.87. The highest BCUT2D eigenvalue weighted by Gasteiger charge is 2.29. The van der Waals surface area contributed by atoms with Gasteiger partial charge in [-0.3, -0.25) is 0 Å². The molecule has 18 heteroatoms. The summed E-state index contributed by atoms with van der Waals surface area (Å²) in [5, 5.41) is 3.25. The Kier molecular flexibility index (Phi) is 9.77. The minimum absolute atomic E-state index is 0.0249. The molecular formula is C48H16B15N3. The fourth-order valence-corrected chi connectivity index (χ4v) is 10.0. The van der Waals surface area contributed by atoms with Crippen LogP contribution in [0.1, 0.15) is 0 Å². The first-order valence-corrected chi connectivity index (χ1v) is 20.6. The van der Waals surface area contributed by atoms with Crippen LogP contribution in [0.5, 0.6) is 0 Å². The first kappa shape index (κ1) is 42.8. The van der Waals surface area contributed by atoms with Gasteiger partial charge in [0.25, 0.3) is 0 Å². The molecule has 3 nitrogen and oxygen atoms in total. The molecule has 0 spiro atoms. The van der Waals surface area contributed by atoms with Crippen molar-refractivity contribution < 1.29 is 0 Å². The van der Waals surface area contributed by atoms with Crippen LogP contribution >= 0.6 is 0 Å². The highest BCUT2D eigenvalue weighted by atomic mass is 15.0. The molecule has 0 aliphatic carbocycles. The van der Waals surface area contributed by atoms with Crippen LogP contribution in [0.3, 0.4) is 0 Å². The van der Waals surface area contributed by atoms with Crippen molar-refractivity contribution in [2.75, 3.05) is 0 Å². The Balaban J connectivity index is 1.28. The fraction of sp³-hybridized carbons (Fsp3) is 0. The average Bonchev–Trinajstić information content (AvgIpc) is 3.98. The van der Waals surface area contributed by atoms with E-state index in [0.717, 1.165) is 27.5 Å². The zero-order chi connectivity index (χ0) is 46.5. The Morgan fingerprint density at radius 3 is 1.06 bits per heavy atom. The summed E-state index contributed by atoms with van der Waals surface area (Å²) in [6, 6.07) is 31.1. The number of aromatic nitrogens is 3. The molecule has 0 aliphatic heterocycles. The average molecular weight is 797 g/mol. The standard InChI is InChI=1S/C48H16B15N3/c49-17-11-13-23-21(15-17)22-16-20(12-14-24(22)64(23)18-7-3-1-4-8-18)66-46-28(30-36(55)38(57)40(59)44(63)48(30)66)32(51)26(34(53)42(46)61)25-31(50)27-29-35(54)37(56)39(58)43(62)47(29)65(19-9-5-2-6-10-19)45(27)41(60)33(25)52/h1-16H. The fourth-order valence-electron chi connectivity index (χ4n) is 10.0. The maximum atomic E-state index is 7.40. The summed E-state index contributed by atoms with van der Waals surface area (Å²) in [6.07, 6.45) is 0. The maximum Gasteiger partial charge on any atom is 0.115 e. The van der Waals surface area contributed by atoms with Crippen molar-refractivity contribution in [2.24, 2.45) is 0 Å². The molecule has 0 atom stereocenters. The lowest BCUT2D eigenvalue weighted by Crippen LogP contribution is -2.48. The summed E-state index contributed by atoms with van der Waals surface area (Å²) in [5.41, 5.74) is 7.84. The predicted octanol–water partition coefficient (Wildman–Crippen LogP) is -5.45. The van der Waals surface area contributed by atoms with Gasteiger partial charge in [-0.2, -0.15) is 0 Å². The van der Waals surface area contributed by atoms with Gasteiger partial charge in [-0.1, -0.05) is 109 Å². The van der Waals surface area contributed by atoms with Gasteiger partial charge in [0.1, 0.15) is 118 Å². The molecule has 0 amide bonds.